The van der Waals surface area contributed by atoms with E-state index in [9.17, 15) is 12.8 Å². The van der Waals surface area contributed by atoms with Crippen LogP contribution in [-0.4, -0.2) is 28.7 Å². The van der Waals surface area contributed by atoms with Crippen molar-refractivity contribution < 1.29 is 17.2 Å². The Morgan fingerprint density at radius 3 is 2.55 bits per heavy atom. The number of nitrogens with zero attached hydrogens (tertiary/aromatic N) is 3. The molecule has 0 bridgehead atoms. The zero-order valence-corrected chi connectivity index (χ0v) is 19.1. The zero-order valence-electron chi connectivity index (χ0n) is 17.5. The van der Waals surface area contributed by atoms with Gasteiger partial charge in [-0.25, -0.2) is 17.8 Å². The number of hydrogen-bond acceptors (Lipinski definition) is 5. The number of imidazole rings is 1. The van der Waals surface area contributed by atoms with Gasteiger partial charge in [0.15, 0.2) is 4.96 Å². The molecule has 0 spiro atoms. The highest BCUT2D eigenvalue weighted by molar-refractivity contribution is 7.89. The molecule has 0 unspecified atom stereocenters. The fourth-order valence-electron chi connectivity index (χ4n) is 3.61. The van der Waals surface area contributed by atoms with Crippen LogP contribution in [0.25, 0.3) is 16.2 Å². The first kappa shape index (κ1) is 21.6. The second kappa shape index (κ2) is 8.93. The van der Waals surface area contributed by atoms with Crippen molar-refractivity contribution in [3.63, 3.8) is 0 Å². The molecule has 5 rings (SSSR count). The Bertz CT molecular complexity index is 1460. The highest BCUT2D eigenvalue weighted by atomic mass is 32.2. The van der Waals surface area contributed by atoms with Gasteiger partial charge in [-0.05, 0) is 48.5 Å². The van der Waals surface area contributed by atoms with Crippen LogP contribution >= 0.6 is 11.3 Å². The summed E-state index contributed by atoms with van der Waals surface area (Å²) in [5, 5.41) is 1.98. The maximum atomic E-state index is 13.3. The first-order valence-electron chi connectivity index (χ1n) is 10.3. The van der Waals surface area contributed by atoms with Crippen molar-refractivity contribution in [2.75, 3.05) is 6.54 Å². The second-order valence-corrected chi connectivity index (χ2v) is 10.3. The van der Waals surface area contributed by atoms with Crippen molar-refractivity contribution in [1.82, 2.24) is 13.7 Å². The minimum atomic E-state index is -3.71. The van der Waals surface area contributed by atoms with Gasteiger partial charge in [0.2, 0.25) is 10.0 Å². The molecule has 0 amide bonds. The van der Waals surface area contributed by atoms with Crippen LogP contribution in [0.3, 0.4) is 0 Å². The second-order valence-electron chi connectivity index (χ2n) is 7.49. The average Bonchev–Trinajstić information content (AvgIpc) is 3.56. The lowest BCUT2D eigenvalue weighted by Gasteiger charge is -2.21. The maximum Gasteiger partial charge on any atom is 0.243 e. The fourth-order valence-corrected chi connectivity index (χ4v) is 5.95. The Balaban J connectivity index is 1.41. The van der Waals surface area contributed by atoms with Crippen molar-refractivity contribution in [2.24, 2.45) is 0 Å². The number of hydrogen-bond donors (Lipinski definition) is 0. The quantitative estimate of drug-likeness (QED) is 0.304. The summed E-state index contributed by atoms with van der Waals surface area (Å²) in [4.78, 5) is 5.67. The van der Waals surface area contributed by atoms with Gasteiger partial charge in [-0.2, -0.15) is 4.31 Å². The van der Waals surface area contributed by atoms with Crippen LogP contribution in [0.2, 0.25) is 0 Å². The molecule has 3 heterocycles. The normalized spacial score (nSPS) is 12.1. The molecule has 2 aromatic carbocycles. The van der Waals surface area contributed by atoms with E-state index in [1.807, 2.05) is 16.0 Å². The number of benzene rings is 2. The van der Waals surface area contributed by atoms with E-state index in [0.717, 1.165) is 21.9 Å². The molecule has 168 valence electrons. The molecule has 0 N–H and O–H groups in total. The van der Waals surface area contributed by atoms with E-state index in [1.54, 1.807) is 54.6 Å². The third kappa shape index (κ3) is 4.47. The fraction of sp³-hybridized carbons (Fsp3) is 0.125. The first-order valence-corrected chi connectivity index (χ1v) is 12.6. The van der Waals surface area contributed by atoms with Crippen LogP contribution in [0, 0.1) is 5.82 Å². The summed E-state index contributed by atoms with van der Waals surface area (Å²) in [5.41, 5.74) is 2.51. The first-order chi connectivity index (χ1) is 16.0. The molecule has 9 heteroatoms. The van der Waals surface area contributed by atoms with E-state index in [-0.39, 0.29) is 23.8 Å². The Morgan fingerprint density at radius 2 is 1.82 bits per heavy atom. The van der Waals surface area contributed by atoms with E-state index in [1.165, 1.54) is 34.0 Å². The molecule has 0 aliphatic heterocycles. The maximum absolute atomic E-state index is 13.3. The SMILES string of the molecule is O=S(=O)(c1ccccc1)N(CCc1csc2nc(-c3ccc(F)cc3)cn12)Cc1ccco1. The number of halogens is 1. The molecule has 0 aliphatic carbocycles. The van der Waals surface area contributed by atoms with Crippen LogP contribution in [0.1, 0.15) is 11.5 Å². The minimum Gasteiger partial charge on any atom is -0.468 e. The molecule has 5 aromatic rings. The lowest BCUT2D eigenvalue weighted by atomic mass is 10.2. The highest BCUT2D eigenvalue weighted by Crippen LogP contribution is 2.25. The Labute approximate surface area is 194 Å². The van der Waals surface area contributed by atoms with Crippen LogP contribution < -0.4 is 0 Å². The van der Waals surface area contributed by atoms with Crippen molar-refractivity contribution >= 4 is 26.3 Å². The van der Waals surface area contributed by atoms with Gasteiger partial charge in [0.25, 0.3) is 0 Å². The summed E-state index contributed by atoms with van der Waals surface area (Å²) in [5.74, 6) is 0.280. The summed E-state index contributed by atoms with van der Waals surface area (Å²) in [6.07, 6.45) is 3.93. The van der Waals surface area contributed by atoms with Crippen molar-refractivity contribution in [1.29, 1.82) is 0 Å². The summed E-state index contributed by atoms with van der Waals surface area (Å²) < 4.78 is 48.7. The molecule has 0 fully saturated rings. The summed E-state index contributed by atoms with van der Waals surface area (Å²) in [7, 11) is -3.71. The molecule has 0 radical (unpaired) electrons. The predicted molar refractivity (Wildman–Crippen MR) is 125 cm³/mol. The molecule has 0 atom stereocenters. The highest BCUT2D eigenvalue weighted by Gasteiger charge is 2.25. The van der Waals surface area contributed by atoms with E-state index in [2.05, 4.69) is 4.98 Å². The molecule has 6 nitrogen and oxygen atoms in total. The van der Waals surface area contributed by atoms with E-state index >= 15 is 0 Å². The van der Waals surface area contributed by atoms with Gasteiger partial charge < -0.3 is 4.42 Å². The molecular formula is C24H20FN3O3S2. The molecular weight excluding hydrogens is 461 g/mol. The average molecular weight is 482 g/mol. The van der Waals surface area contributed by atoms with Gasteiger partial charge in [-0.3, -0.25) is 4.40 Å². The lowest BCUT2D eigenvalue weighted by Crippen LogP contribution is -2.32. The molecule has 0 saturated carbocycles. The summed E-state index contributed by atoms with van der Waals surface area (Å²) in [6.45, 7) is 0.413. The van der Waals surface area contributed by atoms with Crippen LogP contribution in [-0.2, 0) is 23.0 Å². The van der Waals surface area contributed by atoms with Gasteiger partial charge in [-0.15, -0.1) is 11.3 Å². The largest absolute Gasteiger partial charge is 0.468 e. The van der Waals surface area contributed by atoms with Gasteiger partial charge in [0.1, 0.15) is 11.6 Å². The summed E-state index contributed by atoms with van der Waals surface area (Å²) in [6, 6.07) is 18.1. The Morgan fingerprint density at radius 1 is 1.03 bits per heavy atom. The standard InChI is InChI=1S/C24H20FN3O3S2/c25-19-10-8-18(9-11-19)23-16-28-20(17-32-24(28)26-23)12-13-27(15-21-5-4-14-31-21)33(29,30)22-6-2-1-3-7-22/h1-11,14,16-17H,12-13,15H2. The minimum absolute atomic E-state index is 0.141. The van der Waals surface area contributed by atoms with E-state index in [4.69, 9.17) is 4.42 Å². The van der Waals surface area contributed by atoms with Crippen LogP contribution in [0.15, 0.2) is 93.9 Å². The lowest BCUT2D eigenvalue weighted by molar-refractivity contribution is 0.365. The van der Waals surface area contributed by atoms with Crippen molar-refractivity contribution in [2.45, 2.75) is 17.9 Å². The van der Waals surface area contributed by atoms with Gasteiger partial charge >= 0.3 is 0 Å². The Kier molecular flexibility index (Phi) is 5.84. The van der Waals surface area contributed by atoms with Crippen molar-refractivity contribution in [3.05, 3.63) is 102 Å². The van der Waals surface area contributed by atoms with E-state index in [0.29, 0.717) is 12.2 Å². The third-order valence-corrected chi connectivity index (χ3v) is 8.08. The van der Waals surface area contributed by atoms with Gasteiger partial charge in [0, 0.05) is 35.8 Å². The number of fused-ring (bicyclic) bond motifs is 1. The molecule has 3 aromatic heterocycles. The number of aromatic nitrogens is 2. The van der Waals surface area contributed by atoms with Crippen LogP contribution in [0.5, 0.6) is 0 Å². The predicted octanol–water partition coefficient (Wildman–Crippen LogP) is 5.23. The topological polar surface area (TPSA) is 67.8 Å². The van der Waals surface area contributed by atoms with E-state index < -0.39 is 10.0 Å². The Hall–Kier alpha value is -3.27. The zero-order chi connectivity index (χ0) is 22.8. The summed E-state index contributed by atoms with van der Waals surface area (Å²) >= 11 is 1.48. The van der Waals surface area contributed by atoms with Gasteiger partial charge in [-0.1, -0.05) is 18.2 Å². The molecule has 0 aliphatic rings. The molecule has 33 heavy (non-hydrogen) atoms. The number of sulfonamides is 1. The van der Waals surface area contributed by atoms with Crippen molar-refractivity contribution in [3.8, 4) is 11.3 Å². The van der Waals surface area contributed by atoms with Gasteiger partial charge in [0.05, 0.1) is 23.4 Å². The molecule has 0 saturated heterocycles. The van der Waals surface area contributed by atoms with Crippen LogP contribution in [0.4, 0.5) is 4.39 Å². The monoisotopic (exact) mass is 481 g/mol. The smallest absolute Gasteiger partial charge is 0.243 e. The number of rotatable bonds is 8. The number of furan rings is 1. The third-order valence-electron chi connectivity index (χ3n) is 5.33. The number of thiazole rings is 1.